The molecule has 8 atom stereocenters. The minimum atomic E-state index is -0.772. The lowest BCUT2D eigenvalue weighted by atomic mass is 9.77. The summed E-state index contributed by atoms with van der Waals surface area (Å²) >= 11 is 0. The molecule has 0 radical (unpaired) electrons. The number of alkyl halides is 1. The topological polar surface area (TPSA) is 76.7 Å². The molecule has 3 heterocycles. The molecule has 0 aromatic carbocycles. The van der Waals surface area contributed by atoms with Gasteiger partial charge in [0.25, 0.3) is 0 Å². The maximum absolute atomic E-state index is 14.4. The van der Waals surface area contributed by atoms with Gasteiger partial charge in [0.05, 0.1) is 12.1 Å². The first-order chi connectivity index (χ1) is 14.5. The first kappa shape index (κ1) is 20.5. The molecule has 0 aromatic rings. The monoisotopic (exact) mass is 421 g/mol. The molecular formula is C22H36FN5O2. The van der Waals surface area contributed by atoms with Crippen LogP contribution in [0, 0.1) is 11.8 Å². The second kappa shape index (κ2) is 8.26. The molecule has 2 aliphatic carbocycles. The Morgan fingerprint density at radius 1 is 1.13 bits per heavy atom. The van der Waals surface area contributed by atoms with E-state index in [0.717, 1.165) is 58.3 Å². The average molecular weight is 422 g/mol. The van der Waals surface area contributed by atoms with E-state index >= 15 is 0 Å². The van der Waals surface area contributed by atoms with Crippen LogP contribution >= 0.6 is 0 Å². The number of hydrogen-bond acceptors (Lipinski definition) is 4. The van der Waals surface area contributed by atoms with Crippen molar-refractivity contribution in [2.24, 2.45) is 11.8 Å². The van der Waals surface area contributed by atoms with Gasteiger partial charge < -0.3 is 20.9 Å². The minimum absolute atomic E-state index is 0.0115. The van der Waals surface area contributed by atoms with Crippen molar-refractivity contribution in [1.82, 2.24) is 25.8 Å². The molecule has 7 nitrogen and oxygen atoms in total. The van der Waals surface area contributed by atoms with E-state index in [0.29, 0.717) is 24.8 Å². The maximum Gasteiger partial charge on any atom is 0.317 e. The zero-order valence-corrected chi connectivity index (χ0v) is 18.0. The summed E-state index contributed by atoms with van der Waals surface area (Å²) in [6.45, 7) is 5.55. The first-order valence-corrected chi connectivity index (χ1v) is 12.0. The van der Waals surface area contributed by atoms with Crippen molar-refractivity contribution in [3.8, 4) is 0 Å². The van der Waals surface area contributed by atoms with E-state index in [2.05, 4.69) is 27.8 Å². The molecule has 3 N–H and O–H groups in total. The summed E-state index contributed by atoms with van der Waals surface area (Å²) in [5.74, 6) is 0.488. The third kappa shape index (κ3) is 3.81. The van der Waals surface area contributed by atoms with Gasteiger partial charge in [-0.3, -0.25) is 9.69 Å². The van der Waals surface area contributed by atoms with Gasteiger partial charge in [-0.05, 0) is 50.9 Å². The fourth-order valence-corrected chi connectivity index (χ4v) is 6.69. The molecule has 0 aromatic heterocycles. The number of carbonyl (C=O) groups excluding carboxylic acids is 2. The number of rotatable bonds is 3. The summed E-state index contributed by atoms with van der Waals surface area (Å²) in [5, 5.41) is 9.70. The summed E-state index contributed by atoms with van der Waals surface area (Å²) in [6.07, 6.45) is 5.67. The fourth-order valence-electron chi connectivity index (χ4n) is 6.69. The Balaban J connectivity index is 1.14. The van der Waals surface area contributed by atoms with E-state index in [-0.39, 0.29) is 42.0 Å². The predicted octanol–water partition coefficient (Wildman–Crippen LogP) is 1.24. The van der Waals surface area contributed by atoms with Gasteiger partial charge in [-0.25, -0.2) is 9.18 Å². The van der Waals surface area contributed by atoms with Gasteiger partial charge in [0, 0.05) is 50.2 Å². The standard InChI is InChI=1S/C22H36FN5O2/c1-13-5-6-18(23)17-10-19(26-20(13)17)21(29)25-14-3-2-4-15(9-14)27-7-8-28-16(12-27)11-24-22(28)30/h13-20,26H,2-12H2,1H3,(H,24,30)(H,25,29)/t13?,14-,15-,16+,17?,18?,19?,20?/m1/s1. The molecule has 2 saturated carbocycles. The van der Waals surface area contributed by atoms with Crippen LogP contribution in [0.3, 0.4) is 0 Å². The Bertz CT molecular complexity index is 660. The predicted molar refractivity (Wildman–Crippen MR) is 112 cm³/mol. The van der Waals surface area contributed by atoms with Crippen LogP contribution in [0.4, 0.5) is 9.18 Å². The molecule has 0 spiro atoms. The van der Waals surface area contributed by atoms with Crippen LogP contribution in [0.25, 0.3) is 0 Å². The summed E-state index contributed by atoms with van der Waals surface area (Å²) in [4.78, 5) is 29.3. The minimum Gasteiger partial charge on any atom is -0.352 e. The molecule has 5 rings (SSSR count). The molecule has 5 aliphatic rings. The van der Waals surface area contributed by atoms with E-state index in [1.54, 1.807) is 0 Å². The van der Waals surface area contributed by atoms with Crippen molar-refractivity contribution in [2.45, 2.75) is 88.3 Å². The van der Waals surface area contributed by atoms with Crippen molar-refractivity contribution in [2.75, 3.05) is 26.2 Å². The number of carbonyl (C=O) groups is 2. The molecule has 3 aliphatic heterocycles. The number of fused-ring (bicyclic) bond motifs is 2. The number of amides is 3. The second-order valence-corrected chi connectivity index (χ2v) is 10.3. The lowest BCUT2D eigenvalue weighted by Gasteiger charge is -2.43. The van der Waals surface area contributed by atoms with Gasteiger partial charge in [0.2, 0.25) is 5.91 Å². The quantitative estimate of drug-likeness (QED) is 0.641. The highest BCUT2D eigenvalue weighted by molar-refractivity contribution is 5.82. The highest BCUT2D eigenvalue weighted by Crippen LogP contribution is 2.38. The number of urea groups is 1. The largest absolute Gasteiger partial charge is 0.352 e. The van der Waals surface area contributed by atoms with Crippen molar-refractivity contribution < 1.29 is 14.0 Å². The Morgan fingerprint density at radius 3 is 2.83 bits per heavy atom. The molecule has 168 valence electrons. The number of halogens is 1. The second-order valence-electron chi connectivity index (χ2n) is 10.3. The van der Waals surface area contributed by atoms with Crippen LogP contribution in [-0.4, -0.2) is 84.3 Å². The normalized spacial score (nSPS) is 44.3. The summed E-state index contributed by atoms with van der Waals surface area (Å²) < 4.78 is 14.4. The van der Waals surface area contributed by atoms with E-state index in [9.17, 15) is 14.0 Å². The van der Waals surface area contributed by atoms with Gasteiger partial charge in [0.15, 0.2) is 0 Å². The van der Waals surface area contributed by atoms with Crippen LogP contribution in [0.1, 0.15) is 51.9 Å². The number of nitrogens with one attached hydrogen (secondary N) is 3. The SMILES string of the molecule is CC1CCC(F)C2CC(C(=O)N[C@@H]3CCC[C@@H](N4CCN5C(=O)NC[C@H]5C4)C3)NC12. The molecule has 5 fully saturated rings. The first-order valence-electron chi connectivity index (χ1n) is 12.0. The molecular weight excluding hydrogens is 385 g/mol. The Hall–Kier alpha value is -1.41. The molecule has 3 saturated heterocycles. The van der Waals surface area contributed by atoms with Crippen molar-refractivity contribution in [1.29, 1.82) is 0 Å². The average Bonchev–Trinajstić information content (AvgIpc) is 3.36. The third-order valence-electron chi connectivity index (χ3n) is 8.43. The zero-order chi connectivity index (χ0) is 20.8. The van der Waals surface area contributed by atoms with Gasteiger partial charge in [-0.2, -0.15) is 0 Å². The summed E-state index contributed by atoms with van der Waals surface area (Å²) in [7, 11) is 0. The number of hydrogen-bond donors (Lipinski definition) is 3. The molecule has 8 heteroatoms. The maximum atomic E-state index is 14.4. The lowest BCUT2D eigenvalue weighted by molar-refractivity contribution is -0.124. The smallest absolute Gasteiger partial charge is 0.317 e. The summed E-state index contributed by atoms with van der Waals surface area (Å²) in [6, 6.07) is 0.906. The number of nitrogens with zero attached hydrogens (tertiary/aromatic N) is 2. The van der Waals surface area contributed by atoms with Crippen molar-refractivity contribution in [3.63, 3.8) is 0 Å². The lowest BCUT2D eigenvalue weighted by Crippen LogP contribution is -2.57. The number of piperazine rings is 1. The molecule has 3 amide bonds. The van der Waals surface area contributed by atoms with Crippen molar-refractivity contribution >= 4 is 11.9 Å². The van der Waals surface area contributed by atoms with Gasteiger partial charge in [-0.15, -0.1) is 0 Å². The zero-order valence-electron chi connectivity index (χ0n) is 18.0. The van der Waals surface area contributed by atoms with E-state index in [4.69, 9.17) is 0 Å². The van der Waals surface area contributed by atoms with Gasteiger partial charge in [-0.1, -0.05) is 6.92 Å². The van der Waals surface area contributed by atoms with Crippen molar-refractivity contribution in [3.05, 3.63) is 0 Å². The van der Waals surface area contributed by atoms with Crippen LogP contribution in [0.15, 0.2) is 0 Å². The fraction of sp³-hybridized carbons (Fsp3) is 0.909. The third-order valence-corrected chi connectivity index (χ3v) is 8.43. The van der Waals surface area contributed by atoms with Gasteiger partial charge in [0.1, 0.15) is 6.17 Å². The van der Waals surface area contributed by atoms with E-state index in [1.165, 1.54) is 0 Å². The highest BCUT2D eigenvalue weighted by atomic mass is 19.1. The van der Waals surface area contributed by atoms with E-state index in [1.807, 2.05) is 4.90 Å². The Labute approximate surface area is 178 Å². The van der Waals surface area contributed by atoms with Crippen LogP contribution in [-0.2, 0) is 4.79 Å². The summed E-state index contributed by atoms with van der Waals surface area (Å²) in [5.41, 5.74) is 0. The van der Waals surface area contributed by atoms with Crippen LogP contribution in [0.2, 0.25) is 0 Å². The highest BCUT2D eigenvalue weighted by Gasteiger charge is 2.46. The Morgan fingerprint density at radius 2 is 2.00 bits per heavy atom. The van der Waals surface area contributed by atoms with Gasteiger partial charge >= 0.3 is 6.03 Å². The van der Waals surface area contributed by atoms with Crippen LogP contribution < -0.4 is 16.0 Å². The van der Waals surface area contributed by atoms with E-state index < -0.39 is 6.17 Å². The molecule has 0 bridgehead atoms. The van der Waals surface area contributed by atoms with Crippen LogP contribution in [0.5, 0.6) is 0 Å². The molecule has 5 unspecified atom stereocenters. The Kier molecular flexibility index (Phi) is 5.64. The molecule has 30 heavy (non-hydrogen) atoms.